The Labute approximate surface area is 104 Å². The second-order valence-corrected chi connectivity index (χ2v) is 4.41. The van der Waals surface area contributed by atoms with E-state index < -0.39 is 0 Å². The van der Waals surface area contributed by atoms with Crippen molar-refractivity contribution in [3.05, 3.63) is 23.1 Å². The Morgan fingerprint density at radius 3 is 2.53 bits per heavy atom. The number of nitrogen functional groups attached to an aromatic ring is 1. The van der Waals surface area contributed by atoms with Crippen LogP contribution < -0.4 is 15.2 Å². The van der Waals surface area contributed by atoms with Gasteiger partial charge in [-0.2, -0.15) is 0 Å². The maximum atomic E-state index is 5.64. The number of anilines is 1. The van der Waals surface area contributed by atoms with Crippen LogP contribution in [0.3, 0.4) is 0 Å². The zero-order valence-corrected chi connectivity index (χ0v) is 10.8. The molecule has 0 amide bonds. The first-order valence-electron chi connectivity index (χ1n) is 5.10. The third-order valence-corrected chi connectivity index (χ3v) is 3.43. The van der Waals surface area contributed by atoms with Crippen molar-refractivity contribution in [2.75, 3.05) is 20.0 Å². The van der Waals surface area contributed by atoms with Crippen molar-refractivity contribution in [2.24, 2.45) is 0 Å². The van der Waals surface area contributed by atoms with Gasteiger partial charge in [0.05, 0.1) is 19.8 Å². The lowest BCUT2D eigenvalue weighted by molar-refractivity contribution is 0.390. The average Bonchev–Trinajstić information content (AvgIpc) is 2.75. The summed E-state index contributed by atoms with van der Waals surface area (Å²) in [5.74, 6) is 2.11. The van der Waals surface area contributed by atoms with Gasteiger partial charge in [-0.3, -0.25) is 0 Å². The summed E-state index contributed by atoms with van der Waals surface area (Å²) in [6, 6.07) is 3.84. The molecule has 0 atom stereocenters. The number of benzene rings is 1. The first-order chi connectivity index (χ1) is 8.17. The molecule has 1 aromatic carbocycles. The highest BCUT2D eigenvalue weighted by Crippen LogP contribution is 2.39. The number of rotatable bonds is 3. The largest absolute Gasteiger partial charge is 0.496 e. The third kappa shape index (κ3) is 2.06. The van der Waals surface area contributed by atoms with Crippen LogP contribution in [0.2, 0.25) is 0 Å². The summed E-state index contributed by atoms with van der Waals surface area (Å²) in [4.78, 5) is 4.26. The van der Waals surface area contributed by atoms with E-state index in [2.05, 4.69) is 4.98 Å². The molecule has 17 heavy (non-hydrogen) atoms. The highest BCUT2D eigenvalue weighted by Gasteiger charge is 2.14. The minimum absolute atomic E-state index is 0.528. The normalized spacial score (nSPS) is 10.3. The molecule has 0 spiro atoms. The maximum Gasteiger partial charge on any atom is 0.135 e. The number of hydrogen-bond donors (Lipinski definition) is 1. The van der Waals surface area contributed by atoms with Crippen LogP contribution in [0.25, 0.3) is 10.6 Å². The predicted molar refractivity (Wildman–Crippen MR) is 69.8 cm³/mol. The molecule has 4 nitrogen and oxygen atoms in total. The van der Waals surface area contributed by atoms with Crippen molar-refractivity contribution in [1.82, 2.24) is 4.98 Å². The van der Waals surface area contributed by atoms with E-state index in [-0.39, 0.29) is 0 Å². The van der Waals surface area contributed by atoms with Crippen LogP contribution in [-0.4, -0.2) is 19.2 Å². The van der Waals surface area contributed by atoms with Crippen molar-refractivity contribution in [2.45, 2.75) is 6.92 Å². The number of ether oxygens (including phenoxy) is 2. The molecule has 0 aliphatic carbocycles. The standard InChI is InChI=1S/C12H14N2O2S/c1-7-9(15-2)5-4-8(11(7)16-3)12-14-10(13)6-17-12/h4-6H,13H2,1-3H3. The molecule has 0 aliphatic rings. The predicted octanol–water partition coefficient (Wildman–Crippen LogP) is 2.72. The highest BCUT2D eigenvalue weighted by atomic mass is 32.1. The molecule has 0 aliphatic heterocycles. The number of nitrogens with two attached hydrogens (primary N) is 1. The second-order valence-electron chi connectivity index (χ2n) is 3.55. The Morgan fingerprint density at radius 2 is 2.00 bits per heavy atom. The zero-order valence-electron chi connectivity index (χ0n) is 9.98. The van der Waals surface area contributed by atoms with Crippen molar-refractivity contribution in [3.8, 4) is 22.1 Å². The summed E-state index contributed by atoms with van der Waals surface area (Å²) in [6.45, 7) is 1.96. The van der Waals surface area contributed by atoms with Gasteiger partial charge in [-0.25, -0.2) is 4.98 Å². The van der Waals surface area contributed by atoms with Gasteiger partial charge >= 0.3 is 0 Å². The number of thiazole rings is 1. The summed E-state index contributed by atoms with van der Waals surface area (Å²) in [6.07, 6.45) is 0. The fourth-order valence-corrected chi connectivity index (χ4v) is 2.47. The Balaban J connectivity index is 2.58. The molecule has 2 N–H and O–H groups in total. The molecule has 90 valence electrons. The Kier molecular flexibility index (Phi) is 3.19. The van der Waals surface area contributed by atoms with E-state index in [1.807, 2.05) is 24.4 Å². The van der Waals surface area contributed by atoms with Gasteiger partial charge < -0.3 is 15.2 Å². The van der Waals surface area contributed by atoms with E-state index in [0.29, 0.717) is 5.82 Å². The monoisotopic (exact) mass is 250 g/mol. The highest BCUT2D eigenvalue weighted by molar-refractivity contribution is 7.13. The van der Waals surface area contributed by atoms with Crippen LogP contribution in [0.15, 0.2) is 17.5 Å². The minimum atomic E-state index is 0.528. The summed E-state index contributed by atoms with van der Waals surface area (Å²) in [7, 11) is 3.28. The zero-order chi connectivity index (χ0) is 12.4. The fraction of sp³-hybridized carbons (Fsp3) is 0.250. The molecule has 0 saturated heterocycles. The van der Waals surface area contributed by atoms with Gasteiger partial charge in [-0.1, -0.05) is 0 Å². The summed E-state index contributed by atoms with van der Waals surface area (Å²) >= 11 is 1.50. The fourth-order valence-electron chi connectivity index (χ4n) is 1.74. The first kappa shape index (κ1) is 11.7. The Morgan fingerprint density at radius 1 is 1.24 bits per heavy atom. The van der Waals surface area contributed by atoms with Crippen molar-refractivity contribution < 1.29 is 9.47 Å². The molecular formula is C12H14N2O2S. The van der Waals surface area contributed by atoms with Gasteiger partial charge in [0.15, 0.2) is 0 Å². The van der Waals surface area contributed by atoms with Gasteiger partial charge in [0, 0.05) is 10.9 Å². The van der Waals surface area contributed by atoms with Crippen LogP contribution in [-0.2, 0) is 0 Å². The lowest BCUT2D eigenvalue weighted by atomic mass is 10.1. The quantitative estimate of drug-likeness (QED) is 0.910. The van der Waals surface area contributed by atoms with Gasteiger partial charge in [-0.15, -0.1) is 11.3 Å². The number of hydrogen-bond acceptors (Lipinski definition) is 5. The summed E-state index contributed by atoms with van der Waals surface area (Å²) in [5.41, 5.74) is 7.53. The van der Waals surface area contributed by atoms with Gasteiger partial charge in [0.1, 0.15) is 22.3 Å². The van der Waals surface area contributed by atoms with E-state index in [1.165, 1.54) is 11.3 Å². The van der Waals surface area contributed by atoms with E-state index >= 15 is 0 Å². The molecule has 1 aromatic heterocycles. The molecule has 5 heteroatoms. The van der Waals surface area contributed by atoms with Crippen LogP contribution in [0.5, 0.6) is 11.5 Å². The lowest BCUT2D eigenvalue weighted by Crippen LogP contribution is -1.95. The molecule has 0 saturated carbocycles. The topological polar surface area (TPSA) is 57.4 Å². The van der Waals surface area contributed by atoms with Crippen molar-refractivity contribution in [3.63, 3.8) is 0 Å². The molecule has 2 rings (SSSR count). The molecule has 0 fully saturated rings. The Hall–Kier alpha value is -1.75. The average molecular weight is 250 g/mol. The van der Waals surface area contributed by atoms with Gasteiger partial charge in [-0.05, 0) is 19.1 Å². The van der Waals surface area contributed by atoms with Gasteiger partial charge in [0.25, 0.3) is 0 Å². The SMILES string of the molecule is COc1ccc(-c2nc(N)cs2)c(OC)c1C. The lowest BCUT2D eigenvalue weighted by Gasteiger charge is -2.12. The molecular weight excluding hydrogens is 236 g/mol. The van der Waals surface area contributed by atoms with Crippen LogP contribution in [0.4, 0.5) is 5.82 Å². The third-order valence-electron chi connectivity index (χ3n) is 2.53. The summed E-state index contributed by atoms with van der Waals surface area (Å²) < 4.78 is 10.7. The minimum Gasteiger partial charge on any atom is -0.496 e. The van der Waals surface area contributed by atoms with E-state index in [0.717, 1.165) is 27.6 Å². The Bertz CT molecular complexity index is 537. The van der Waals surface area contributed by atoms with Crippen molar-refractivity contribution in [1.29, 1.82) is 0 Å². The van der Waals surface area contributed by atoms with E-state index in [1.54, 1.807) is 14.2 Å². The van der Waals surface area contributed by atoms with E-state index in [9.17, 15) is 0 Å². The second kappa shape index (κ2) is 4.63. The molecule has 0 unspecified atom stereocenters. The van der Waals surface area contributed by atoms with Crippen LogP contribution in [0.1, 0.15) is 5.56 Å². The molecule has 2 aromatic rings. The number of nitrogens with zero attached hydrogens (tertiary/aromatic N) is 1. The number of aromatic nitrogens is 1. The molecule has 0 bridgehead atoms. The van der Waals surface area contributed by atoms with Crippen molar-refractivity contribution >= 4 is 17.2 Å². The number of methoxy groups -OCH3 is 2. The molecule has 0 radical (unpaired) electrons. The van der Waals surface area contributed by atoms with Crippen LogP contribution in [0, 0.1) is 6.92 Å². The van der Waals surface area contributed by atoms with Gasteiger partial charge in [0.2, 0.25) is 0 Å². The maximum absolute atomic E-state index is 5.64. The smallest absolute Gasteiger partial charge is 0.135 e. The first-order valence-corrected chi connectivity index (χ1v) is 5.98. The van der Waals surface area contributed by atoms with E-state index in [4.69, 9.17) is 15.2 Å². The van der Waals surface area contributed by atoms with Crippen LogP contribution >= 0.6 is 11.3 Å². The summed E-state index contributed by atoms with van der Waals surface area (Å²) in [5, 5.41) is 2.67. The molecule has 1 heterocycles.